The van der Waals surface area contributed by atoms with E-state index in [4.69, 9.17) is 34.8 Å². The summed E-state index contributed by atoms with van der Waals surface area (Å²) in [6.07, 6.45) is 0.356. The fourth-order valence-electron chi connectivity index (χ4n) is 2.54. The first-order chi connectivity index (χ1) is 12.5. The van der Waals surface area contributed by atoms with Gasteiger partial charge in [-0.2, -0.15) is 0 Å². The molecule has 0 aliphatic rings. The van der Waals surface area contributed by atoms with Gasteiger partial charge >= 0.3 is 0 Å². The van der Waals surface area contributed by atoms with Crippen LogP contribution in [0.3, 0.4) is 0 Å². The van der Waals surface area contributed by atoms with Gasteiger partial charge in [0.2, 0.25) is 0 Å². The van der Waals surface area contributed by atoms with Crippen LogP contribution >= 0.6 is 46.6 Å². The van der Waals surface area contributed by atoms with Crippen LogP contribution in [0.4, 0.5) is 0 Å². The Morgan fingerprint density at radius 1 is 0.846 bits per heavy atom. The van der Waals surface area contributed by atoms with Gasteiger partial charge in [-0.25, -0.2) is 0 Å². The summed E-state index contributed by atoms with van der Waals surface area (Å²) < 4.78 is 0. The first-order valence-corrected chi connectivity index (χ1v) is 10.00. The molecule has 0 aromatic heterocycles. The zero-order chi connectivity index (χ0) is 18.5. The minimum atomic E-state index is -0.0574. The Labute approximate surface area is 172 Å². The Kier molecular flexibility index (Phi) is 6.66. The monoisotopic (exact) mass is 420 g/mol. The van der Waals surface area contributed by atoms with Gasteiger partial charge in [0.15, 0.2) is 5.78 Å². The minimum absolute atomic E-state index is 0.0574. The van der Waals surface area contributed by atoms with Crippen molar-refractivity contribution in [3.63, 3.8) is 0 Å². The van der Waals surface area contributed by atoms with Crippen LogP contribution in [-0.4, -0.2) is 5.78 Å². The van der Waals surface area contributed by atoms with Crippen molar-refractivity contribution < 1.29 is 4.79 Å². The van der Waals surface area contributed by atoms with E-state index in [1.165, 1.54) is 0 Å². The fourth-order valence-corrected chi connectivity index (χ4v) is 4.36. The molecule has 3 aromatic carbocycles. The van der Waals surface area contributed by atoms with Crippen LogP contribution in [0.1, 0.15) is 27.6 Å². The molecule has 0 saturated carbocycles. The van der Waals surface area contributed by atoms with E-state index in [1.54, 1.807) is 48.2 Å². The number of halogens is 3. The van der Waals surface area contributed by atoms with Crippen molar-refractivity contribution in [3.8, 4) is 0 Å². The third-order valence-electron chi connectivity index (χ3n) is 3.87. The molecule has 1 atom stereocenters. The number of benzene rings is 3. The second-order valence-electron chi connectivity index (χ2n) is 5.73. The number of hydrogen-bond acceptors (Lipinski definition) is 2. The van der Waals surface area contributed by atoms with Crippen LogP contribution in [0.2, 0.25) is 15.1 Å². The van der Waals surface area contributed by atoms with E-state index < -0.39 is 0 Å². The number of ketones is 1. The van der Waals surface area contributed by atoms with Crippen LogP contribution in [-0.2, 0) is 0 Å². The molecular formula is C21H15Cl3OS. The molecule has 0 amide bonds. The molecule has 0 heterocycles. The minimum Gasteiger partial charge on any atom is -0.294 e. The number of carbonyl (C=O) groups excluding carboxylic acids is 1. The average Bonchev–Trinajstić information content (AvgIpc) is 2.64. The molecule has 0 fully saturated rings. The lowest BCUT2D eigenvalue weighted by atomic mass is 10.0. The van der Waals surface area contributed by atoms with Gasteiger partial charge < -0.3 is 0 Å². The summed E-state index contributed by atoms with van der Waals surface area (Å²) in [5.41, 5.74) is 1.73. The van der Waals surface area contributed by atoms with E-state index in [2.05, 4.69) is 0 Å². The van der Waals surface area contributed by atoms with Gasteiger partial charge in [0.05, 0.1) is 5.02 Å². The smallest absolute Gasteiger partial charge is 0.164 e. The molecule has 26 heavy (non-hydrogen) atoms. The van der Waals surface area contributed by atoms with Crippen molar-refractivity contribution in [3.05, 3.63) is 99.0 Å². The van der Waals surface area contributed by atoms with E-state index in [1.807, 2.05) is 36.4 Å². The molecule has 0 spiro atoms. The molecular weight excluding hydrogens is 407 g/mol. The highest BCUT2D eigenvalue weighted by Crippen LogP contribution is 2.42. The molecule has 0 radical (unpaired) electrons. The first kappa shape index (κ1) is 19.3. The molecule has 3 rings (SSSR count). The largest absolute Gasteiger partial charge is 0.294 e. The van der Waals surface area contributed by atoms with Crippen LogP contribution in [0.15, 0.2) is 77.7 Å². The Balaban J connectivity index is 1.86. The number of Topliss-reactive ketones (excluding diaryl/α,β-unsaturated/α-hetero) is 1. The van der Waals surface area contributed by atoms with Crippen molar-refractivity contribution >= 4 is 52.3 Å². The van der Waals surface area contributed by atoms with E-state index in [-0.39, 0.29) is 11.0 Å². The zero-order valence-electron chi connectivity index (χ0n) is 13.7. The van der Waals surface area contributed by atoms with Crippen LogP contribution in [0, 0.1) is 0 Å². The first-order valence-electron chi connectivity index (χ1n) is 7.98. The van der Waals surface area contributed by atoms with E-state index in [0.717, 1.165) is 10.5 Å². The SMILES string of the molecule is O=C(CC(Sc1ccc(Cl)cc1Cl)c1ccccc1)c1ccc(Cl)cc1. The van der Waals surface area contributed by atoms with Crippen LogP contribution < -0.4 is 0 Å². The predicted molar refractivity (Wildman–Crippen MR) is 112 cm³/mol. The highest BCUT2D eigenvalue weighted by Gasteiger charge is 2.20. The maximum Gasteiger partial charge on any atom is 0.164 e. The summed E-state index contributed by atoms with van der Waals surface area (Å²) in [7, 11) is 0. The van der Waals surface area contributed by atoms with E-state index >= 15 is 0 Å². The second kappa shape index (κ2) is 8.96. The molecule has 1 unspecified atom stereocenters. The van der Waals surface area contributed by atoms with E-state index in [9.17, 15) is 4.79 Å². The molecule has 0 aliphatic carbocycles. The number of hydrogen-bond donors (Lipinski definition) is 0. The number of rotatable bonds is 6. The Hall–Kier alpha value is -1.45. The van der Waals surface area contributed by atoms with E-state index in [0.29, 0.717) is 27.1 Å². The van der Waals surface area contributed by atoms with Crippen molar-refractivity contribution in [1.29, 1.82) is 0 Å². The van der Waals surface area contributed by atoms with Gasteiger partial charge in [-0.05, 0) is 48.0 Å². The lowest BCUT2D eigenvalue weighted by Crippen LogP contribution is -2.05. The molecule has 0 bridgehead atoms. The van der Waals surface area contributed by atoms with Gasteiger partial charge in [-0.15, -0.1) is 11.8 Å². The summed E-state index contributed by atoms with van der Waals surface area (Å²) in [5.74, 6) is 0.0631. The van der Waals surface area contributed by atoms with Gasteiger partial charge in [0.1, 0.15) is 0 Å². The van der Waals surface area contributed by atoms with Crippen molar-refractivity contribution in [2.24, 2.45) is 0 Å². The average molecular weight is 422 g/mol. The summed E-state index contributed by atoms with van der Waals surface area (Å²) >= 11 is 19.8. The maximum absolute atomic E-state index is 12.8. The Morgan fingerprint density at radius 3 is 2.15 bits per heavy atom. The molecule has 0 N–H and O–H groups in total. The normalized spacial score (nSPS) is 12.0. The molecule has 5 heteroatoms. The molecule has 3 aromatic rings. The lowest BCUT2D eigenvalue weighted by molar-refractivity contribution is 0.0982. The lowest BCUT2D eigenvalue weighted by Gasteiger charge is -2.17. The van der Waals surface area contributed by atoms with Crippen molar-refractivity contribution in [2.75, 3.05) is 0 Å². The summed E-state index contributed by atoms with van der Waals surface area (Å²) in [6.45, 7) is 0. The zero-order valence-corrected chi connectivity index (χ0v) is 16.7. The van der Waals surface area contributed by atoms with Crippen LogP contribution in [0.5, 0.6) is 0 Å². The third-order valence-corrected chi connectivity index (χ3v) is 6.12. The van der Waals surface area contributed by atoms with Crippen molar-refractivity contribution in [1.82, 2.24) is 0 Å². The molecule has 0 saturated heterocycles. The van der Waals surface area contributed by atoms with Gasteiger partial charge in [0, 0.05) is 32.2 Å². The van der Waals surface area contributed by atoms with Gasteiger partial charge in [0.25, 0.3) is 0 Å². The summed E-state index contributed by atoms with van der Waals surface area (Å²) in [4.78, 5) is 13.7. The highest BCUT2D eigenvalue weighted by molar-refractivity contribution is 7.99. The standard InChI is InChI=1S/C21H15Cl3OS/c22-16-8-6-14(7-9-16)19(25)13-21(15-4-2-1-3-5-15)26-20-11-10-17(23)12-18(20)24/h1-12,21H,13H2. The molecule has 0 aliphatic heterocycles. The number of thioether (sulfide) groups is 1. The summed E-state index contributed by atoms with van der Waals surface area (Å²) in [5, 5.41) is 1.73. The topological polar surface area (TPSA) is 17.1 Å². The third kappa shape index (κ3) is 5.05. The molecule has 132 valence electrons. The quantitative estimate of drug-likeness (QED) is 0.299. The Bertz CT molecular complexity index is 895. The molecule has 1 nitrogen and oxygen atoms in total. The van der Waals surface area contributed by atoms with Gasteiger partial charge in [-0.1, -0.05) is 65.1 Å². The second-order valence-corrected chi connectivity index (χ2v) is 8.25. The number of carbonyl (C=O) groups is 1. The van der Waals surface area contributed by atoms with Crippen LogP contribution in [0.25, 0.3) is 0 Å². The predicted octanol–water partition coefficient (Wildman–Crippen LogP) is 7.75. The highest BCUT2D eigenvalue weighted by atomic mass is 35.5. The summed E-state index contributed by atoms with van der Waals surface area (Å²) in [6, 6.07) is 22.3. The van der Waals surface area contributed by atoms with Crippen molar-refractivity contribution in [2.45, 2.75) is 16.6 Å². The Morgan fingerprint density at radius 2 is 1.50 bits per heavy atom. The maximum atomic E-state index is 12.8. The van der Waals surface area contributed by atoms with Gasteiger partial charge in [-0.3, -0.25) is 4.79 Å². The fraction of sp³-hybridized carbons (Fsp3) is 0.0952.